The summed E-state index contributed by atoms with van der Waals surface area (Å²) in [5, 5.41) is 8.76. The predicted molar refractivity (Wildman–Crippen MR) is 49.3 cm³/mol. The summed E-state index contributed by atoms with van der Waals surface area (Å²) in [6.07, 6.45) is 4.03. The molecule has 1 saturated carbocycles. The minimum Gasteiger partial charge on any atom is -0.495 e. The molecule has 4 nitrogen and oxygen atoms in total. The van der Waals surface area contributed by atoms with E-state index in [0.717, 1.165) is 5.56 Å². The topological polar surface area (TPSA) is 59.4 Å². The van der Waals surface area contributed by atoms with Gasteiger partial charge in [-0.2, -0.15) is 0 Å². The molecule has 1 N–H and O–H groups in total. The van der Waals surface area contributed by atoms with Crippen molar-refractivity contribution in [3.05, 3.63) is 24.0 Å². The Morgan fingerprint density at radius 2 is 2.43 bits per heavy atom. The van der Waals surface area contributed by atoms with Gasteiger partial charge in [-0.25, -0.2) is 0 Å². The highest BCUT2D eigenvalue weighted by atomic mass is 16.5. The number of carboxylic acid groups (broad SMARTS) is 1. The number of hydrogen-bond acceptors (Lipinski definition) is 3. The van der Waals surface area contributed by atoms with E-state index in [1.54, 1.807) is 19.5 Å². The Kier molecular flexibility index (Phi) is 2.11. The Bertz CT molecular complexity index is 364. The van der Waals surface area contributed by atoms with Crippen molar-refractivity contribution in [2.24, 2.45) is 5.92 Å². The van der Waals surface area contributed by atoms with Crippen LogP contribution in [0.2, 0.25) is 0 Å². The molecule has 0 radical (unpaired) electrons. The lowest BCUT2D eigenvalue weighted by Crippen LogP contribution is -1.99. The lowest BCUT2D eigenvalue weighted by Gasteiger charge is -2.01. The molecule has 4 heteroatoms. The summed E-state index contributed by atoms with van der Waals surface area (Å²) in [5.74, 6) is -0.157. The standard InChI is InChI=1S/C10H11NO3/c1-14-7-2-6(4-11-5-7)8-3-9(8)10(12)13/h2,4-5,8-9H,3H2,1H3,(H,12,13). The maximum atomic E-state index is 10.6. The highest BCUT2D eigenvalue weighted by Gasteiger charge is 2.44. The molecule has 0 bridgehead atoms. The number of ether oxygens (including phenoxy) is 1. The molecule has 0 saturated heterocycles. The van der Waals surface area contributed by atoms with Crippen molar-refractivity contribution in [1.29, 1.82) is 0 Å². The molecule has 1 fully saturated rings. The van der Waals surface area contributed by atoms with Crippen molar-refractivity contribution < 1.29 is 14.6 Å². The molecule has 1 aromatic heterocycles. The van der Waals surface area contributed by atoms with Crippen LogP contribution in [0.15, 0.2) is 18.5 Å². The third-order valence-electron chi connectivity index (χ3n) is 2.51. The van der Waals surface area contributed by atoms with Crippen molar-refractivity contribution in [2.75, 3.05) is 7.11 Å². The smallest absolute Gasteiger partial charge is 0.307 e. The van der Waals surface area contributed by atoms with Crippen molar-refractivity contribution >= 4 is 5.97 Å². The second kappa shape index (κ2) is 3.29. The van der Waals surface area contributed by atoms with Crippen LogP contribution >= 0.6 is 0 Å². The summed E-state index contributed by atoms with van der Waals surface area (Å²) >= 11 is 0. The maximum absolute atomic E-state index is 10.6. The molecule has 0 amide bonds. The first kappa shape index (κ1) is 8.99. The summed E-state index contributed by atoms with van der Waals surface area (Å²) < 4.78 is 5.02. The molecule has 1 aliphatic rings. The Balaban J connectivity index is 2.15. The fourth-order valence-corrected chi connectivity index (χ4v) is 1.59. The second-order valence-corrected chi connectivity index (χ2v) is 3.45. The van der Waals surface area contributed by atoms with Gasteiger partial charge in [-0.15, -0.1) is 0 Å². The first-order valence-corrected chi connectivity index (χ1v) is 4.44. The van der Waals surface area contributed by atoms with Gasteiger partial charge in [-0.1, -0.05) is 0 Å². The summed E-state index contributed by atoms with van der Waals surface area (Å²) in [6.45, 7) is 0. The highest BCUT2D eigenvalue weighted by molar-refractivity contribution is 5.75. The molecule has 0 spiro atoms. The van der Waals surface area contributed by atoms with E-state index in [0.29, 0.717) is 12.2 Å². The average molecular weight is 193 g/mol. The number of aliphatic carboxylic acids is 1. The van der Waals surface area contributed by atoms with Gasteiger partial charge in [0.15, 0.2) is 0 Å². The van der Waals surface area contributed by atoms with E-state index in [-0.39, 0.29) is 11.8 Å². The molecule has 2 rings (SSSR count). The van der Waals surface area contributed by atoms with Crippen molar-refractivity contribution in [3.8, 4) is 5.75 Å². The molecule has 0 aromatic carbocycles. The van der Waals surface area contributed by atoms with E-state index in [2.05, 4.69) is 4.98 Å². The number of carboxylic acids is 1. The zero-order chi connectivity index (χ0) is 10.1. The molecule has 1 heterocycles. The Hall–Kier alpha value is -1.58. The molecule has 14 heavy (non-hydrogen) atoms. The summed E-state index contributed by atoms with van der Waals surface area (Å²) in [4.78, 5) is 14.6. The zero-order valence-corrected chi connectivity index (χ0v) is 7.80. The van der Waals surface area contributed by atoms with Gasteiger partial charge in [0.25, 0.3) is 0 Å². The van der Waals surface area contributed by atoms with Gasteiger partial charge in [0, 0.05) is 6.20 Å². The van der Waals surface area contributed by atoms with Crippen LogP contribution in [-0.2, 0) is 4.79 Å². The van der Waals surface area contributed by atoms with Gasteiger partial charge < -0.3 is 9.84 Å². The van der Waals surface area contributed by atoms with Gasteiger partial charge in [0.1, 0.15) is 5.75 Å². The van der Waals surface area contributed by atoms with E-state index < -0.39 is 5.97 Å². The van der Waals surface area contributed by atoms with Gasteiger partial charge >= 0.3 is 5.97 Å². The van der Waals surface area contributed by atoms with Gasteiger partial charge in [-0.05, 0) is 24.0 Å². The van der Waals surface area contributed by atoms with E-state index in [9.17, 15) is 4.79 Å². The van der Waals surface area contributed by atoms with Crippen molar-refractivity contribution in [3.63, 3.8) is 0 Å². The van der Waals surface area contributed by atoms with E-state index in [1.807, 2.05) is 6.07 Å². The van der Waals surface area contributed by atoms with E-state index in [1.165, 1.54) is 0 Å². The van der Waals surface area contributed by atoms with Crippen molar-refractivity contribution in [2.45, 2.75) is 12.3 Å². The molecule has 0 aliphatic heterocycles. The second-order valence-electron chi connectivity index (χ2n) is 3.45. The summed E-state index contributed by atoms with van der Waals surface area (Å²) in [6, 6.07) is 1.85. The molecule has 1 aliphatic carbocycles. The Morgan fingerprint density at radius 1 is 1.64 bits per heavy atom. The third kappa shape index (κ3) is 1.55. The van der Waals surface area contributed by atoms with Crippen LogP contribution in [0.1, 0.15) is 17.9 Å². The number of methoxy groups -OCH3 is 1. The SMILES string of the molecule is COc1cncc(C2CC2C(=O)O)c1. The average Bonchev–Trinajstić information content (AvgIpc) is 2.97. The number of pyridine rings is 1. The van der Waals surface area contributed by atoms with Crippen LogP contribution in [0, 0.1) is 5.92 Å². The van der Waals surface area contributed by atoms with Crippen molar-refractivity contribution in [1.82, 2.24) is 4.98 Å². The van der Waals surface area contributed by atoms with Crippen LogP contribution in [-0.4, -0.2) is 23.2 Å². The first-order chi connectivity index (χ1) is 6.72. The number of carbonyl (C=O) groups is 1. The lowest BCUT2D eigenvalue weighted by molar-refractivity contribution is -0.138. The quantitative estimate of drug-likeness (QED) is 0.785. The first-order valence-electron chi connectivity index (χ1n) is 4.44. The summed E-state index contributed by atoms with van der Waals surface area (Å²) in [5.41, 5.74) is 0.955. The van der Waals surface area contributed by atoms with E-state index in [4.69, 9.17) is 9.84 Å². The van der Waals surface area contributed by atoms with Gasteiger partial charge in [-0.3, -0.25) is 9.78 Å². The van der Waals surface area contributed by atoms with Crippen LogP contribution in [0.25, 0.3) is 0 Å². The molecular formula is C10H11NO3. The number of nitrogens with zero attached hydrogens (tertiary/aromatic N) is 1. The zero-order valence-electron chi connectivity index (χ0n) is 7.80. The van der Waals surface area contributed by atoms with Crippen LogP contribution in [0.4, 0.5) is 0 Å². The maximum Gasteiger partial charge on any atom is 0.307 e. The third-order valence-corrected chi connectivity index (χ3v) is 2.51. The minimum atomic E-state index is -0.724. The fourth-order valence-electron chi connectivity index (χ4n) is 1.59. The van der Waals surface area contributed by atoms with Gasteiger partial charge in [0.2, 0.25) is 0 Å². The highest BCUT2D eigenvalue weighted by Crippen LogP contribution is 2.47. The van der Waals surface area contributed by atoms with Crippen LogP contribution in [0.5, 0.6) is 5.75 Å². The fraction of sp³-hybridized carbons (Fsp3) is 0.400. The number of hydrogen-bond donors (Lipinski definition) is 1. The van der Waals surface area contributed by atoms with E-state index >= 15 is 0 Å². The monoisotopic (exact) mass is 193 g/mol. The van der Waals surface area contributed by atoms with Crippen LogP contribution < -0.4 is 4.74 Å². The lowest BCUT2D eigenvalue weighted by atomic mass is 10.1. The molecule has 1 aromatic rings. The Labute approximate surface area is 81.5 Å². The number of aromatic nitrogens is 1. The summed E-state index contributed by atoms with van der Waals surface area (Å²) in [7, 11) is 1.57. The molecule has 2 atom stereocenters. The molecule has 2 unspecified atom stereocenters. The minimum absolute atomic E-state index is 0.120. The number of rotatable bonds is 3. The van der Waals surface area contributed by atoms with Gasteiger partial charge in [0.05, 0.1) is 19.2 Å². The Morgan fingerprint density at radius 3 is 3.00 bits per heavy atom. The largest absolute Gasteiger partial charge is 0.495 e. The normalized spacial score (nSPS) is 24.4. The molecular weight excluding hydrogens is 182 g/mol. The predicted octanol–water partition coefficient (Wildman–Crippen LogP) is 1.28. The molecule has 74 valence electrons. The van der Waals surface area contributed by atoms with Crippen LogP contribution in [0.3, 0.4) is 0 Å².